The smallest absolute Gasteiger partial charge is 0.258 e. The second kappa shape index (κ2) is 3.53. The number of hydrogen-bond acceptors (Lipinski definition) is 2. The molecule has 0 bridgehead atoms. The Morgan fingerprint density at radius 2 is 1.47 bits per heavy atom. The zero-order valence-corrected chi connectivity index (χ0v) is 8.94. The van der Waals surface area contributed by atoms with Crippen molar-refractivity contribution in [3.63, 3.8) is 0 Å². The van der Waals surface area contributed by atoms with Crippen LogP contribution in [0.3, 0.4) is 0 Å². The normalized spacial score (nSPS) is 19.6. The second-order valence-electron chi connectivity index (χ2n) is 3.72. The average molecular weight is 206 g/mol. The molecule has 0 atom stereocenters. The molecule has 2 rings (SSSR count). The Bertz CT molecular complexity index is 405. The second-order valence-corrected chi connectivity index (χ2v) is 3.72. The molecule has 0 spiro atoms. The monoisotopic (exact) mass is 206 g/mol. The maximum Gasteiger partial charge on any atom is 0.258 e. The summed E-state index contributed by atoms with van der Waals surface area (Å²) in [7, 11) is 0. The van der Waals surface area contributed by atoms with Gasteiger partial charge in [0.25, 0.3) is 11.8 Å². The van der Waals surface area contributed by atoms with E-state index in [1.165, 1.54) is 0 Å². The van der Waals surface area contributed by atoms with Gasteiger partial charge in [-0.2, -0.15) is 0 Å². The quantitative estimate of drug-likeness (QED) is 0.722. The van der Waals surface area contributed by atoms with Crippen molar-refractivity contribution in [3.8, 4) is 0 Å². The average Bonchev–Trinajstić information content (AvgIpc) is 2.69. The van der Waals surface area contributed by atoms with Crippen molar-refractivity contribution in [3.05, 3.63) is 22.5 Å². The highest BCUT2D eigenvalue weighted by molar-refractivity contribution is 6.19. The summed E-state index contributed by atoms with van der Waals surface area (Å²) in [6.07, 6.45) is 2.34. The van der Waals surface area contributed by atoms with Gasteiger partial charge >= 0.3 is 0 Å². The van der Waals surface area contributed by atoms with Gasteiger partial charge in [0.15, 0.2) is 0 Å². The lowest BCUT2D eigenvalue weighted by atomic mass is 10.1. The maximum atomic E-state index is 11.7. The molecule has 0 aromatic rings. The lowest BCUT2D eigenvalue weighted by Crippen LogP contribution is -2.22. The fourth-order valence-electron chi connectivity index (χ4n) is 2.03. The fraction of sp³-hybridized carbons (Fsp3) is 0.455. The molecular formula is C11H14N2O2. The number of rotatable bonds is 3. The van der Waals surface area contributed by atoms with E-state index in [2.05, 4.69) is 10.6 Å². The van der Waals surface area contributed by atoms with E-state index in [1.54, 1.807) is 0 Å². The van der Waals surface area contributed by atoms with Gasteiger partial charge in [-0.05, 0) is 12.8 Å². The predicted molar refractivity (Wildman–Crippen MR) is 55.5 cm³/mol. The van der Waals surface area contributed by atoms with Crippen molar-refractivity contribution in [2.75, 3.05) is 0 Å². The van der Waals surface area contributed by atoms with E-state index < -0.39 is 0 Å². The van der Waals surface area contributed by atoms with Crippen molar-refractivity contribution < 1.29 is 9.59 Å². The first-order valence-electron chi connectivity index (χ1n) is 5.28. The van der Waals surface area contributed by atoms with Gasteiger partial charge in [0.05, 0.1) is 11.1 Å². The van der Waals surface area contributed by atoms with E-state index in [1.807, 2.05) is 13.8 Å². The third-order valence-electron chi connectivity index (χ3n) is 2.69. The molecule has 2 amide bonds. The molecule has 0 radical (unpaired) electrons. The molecule has 2 aliphatic heterocycles. The Balaban J connectivity index is 2.47. The summed E-state index contributed by atoms with van der Waals surface area (Å²) in [5.74, 6) is -0.271. The van der Waals surface area contributed by atoms with Gasteiger partial charge in [0.1, 0.15) is 0 Å². The van der Waals surface area contributed by atoms with Gasteiger partial charge in [-0.1, -0.05) is 20.3 Å². The fourth-order valence-corrected chi connectivity index (χ4v) is 2.03. The van der Waals surface area contributed by atoms with Crippen molar-refractivity contribution in [1.29, 1.82) is 0 Å². The Labute approximate surface area is 88.4 Å². The molecule has 0 unspecified atom stereocenters. The van der Waals surface area contributed by atoms with E-state index in [9.17, 15) is 9.59 Å². The zero-order valence-electron chi connectivity index (χ0n) is 8.94. The van der Waals surface area contributed by atoms with Crippen LogP contribution >= 0.6 is 0 Å². The highest BCUT2D eigenvalue weighted by Crippen LogP contribution is 2.31. The number of hydrogen-bond donors (Lipinski definition) is 2. The largest absolute Gasteiger partial charge is 0.325 e. The summed E-state index contributed by atoms with van der Waals surface area (Å²) < 4.78 is 0. The van der Waals surface area contributed by atoms with Crippen LogP contribution in [0.4, 0.5) is 0 Å². The maximum absolute atomic E-state index is 11.7. The molecule has 80 valence electrons. The number of amides is 2. The molecule has 4 heteroatoms. The number of nitrogens with one attached hydrogen (secondary N) is 2. The molecule has 4 nitrogen and oxygen atoms in total. The molecule has 0 aromatic carbocycles. The van der Waals surface area contributed by atoms with Crippen molar-refractivity contribution >= 4 is 11.8 Å². The summed E-state index contributed by atoms with van der Waals surface area (Å²) in [5, 5.41) is 5.52. The van der Waals surface area contributed by atoms with Crippen LogP contribution in [-0.2, 0) is 9.59 Å². The third kappa shape index (κ3) is 1.37. The summed E-state index contributed by atoms with van der Waals surface area (Å²) in [5.41, 5.74) is 2.65. The van der Waals surface area contributed by atoms with Crippen LogP contribution < -0.4 is 10.6 Å². The minimum absolute atomic E-state index is 0.136. The highest BCUT2D eigenvalue weighted by Gasteiger charge is 2.38. The molecule has 2 aliphatic rings. The molecule has 0 saturated heterocycles. The Morgan fingerprint density at radius 3 is 2.00 bits per heavy atom. The van der Waals surface area contributed by atoms with E-state index in [0.717, 1.165) is 24.2 Å². The molecule has 0 saturated carbocycles. The van der Waals surface area contributed by atoms with Crippen molar-refractivity contribution in [1.82, 2.24) is 10.6 Å². The van der Waals surface area contributed by atoms with Crippen molar-refractivity contribution in [2.45, 2.75) is 33.1 Å². The van der Waals surface area contributed by atoms with Crippen LogP contribution in [0.25, 0.3) is 0 Å². The number of carbonyl (C=O) groups excluding carboxylic acids is 2. The van der Waals surface area contributed by atoms with Crippen LogP contribution in [0, 0.1) is 0 Å². The highest BCUT2D eigenvalue weighted by atomic mass is 16.2. The van der Waals surface area contributed by atoms with Crippen LogP contribution in [0.15, 0.2) is 22.5 Å². The Kier molecular flexibility index (Phi) is 2.34. The van der Waals surface area contributed by atoms with E-state index >= 15 is 0 Å². The molecular weight excluding hydrogens is 192 g/mol. The lowest BCUT2D eigenvalue weighted by molar-refractivity contribution is -0.117. The lowest BCUT2D eigenvalue weighted by Gasteiger charge is -2.03. The summed E-state index contributed by atoms with van der Waals surface area (Å²) in [6, 6.07) is 0. The van der Waals surface area contributed by atoms with Gasteiger partial charge in [-0.15, -0.1) is 0 Å². The molecule has 0 fully saturated rings. The SMILES string of the molecule is CCCC1=C2C(=O)NC(CC)=C2C(=O)N1. The van der Waals surface area contributed by atoms with Crippen LogP contribution in [0.5, 0.6) is 0 Å². The van der Waals surface area contributed by atoms with Gasteiger partial charge < -0.3 is 10.6 Å². The van der Waals surface area contributed by atoms with E-state index in [4.69, 9.17) is 0 Å². The van der Waals surface area contributed by atoms with Gasteiger partial charge in [-0.25, -0.2) is 0 Å². The summed E-state index contributed by atoms with van der Waals surface area (Å²) in [4.78, 5) is 23.3. The molecule has 0 aromatic heterocycles. The summed E-state index contributed by atoms with van der Waals surface area (Å²) in [6.45, 7) is 3.95. The predicted octanol–water partition coefficient (Wildman–Crippen LogP) is 0.964. The Morgan fingerprint density at radius 1 is 0.933 bits per heavy atom. The minimum atomic E-state index is -0.136. The topological polar surface area (TPSA) is 58.2 Å². The zero-order chi connectivity index (χ0) is 11.0. The molecule has 2 N–H and O–H groups in total. The van der Waals surface area contributed by atoms with Crippen LogP contribution in [-0.4, -0.2) is 11.8 Å². The first-order chi connectivity index (χ1) is 7.19. The van der Waals surface area contributed by atoms with Crippen LogP contribution in [0.2, 0.25) is 0 Å². The number of allylic oxidation sites excluding steroid dienone is 2. The summed E-state index contributed by atoms with van der Waals surface area (Å²) >= 11 is 0. The third-order valence-corrected chi connectivity index (χ3v) is 2.69. The van der Waals surface area contributed by atoms with Crippen LogP contribution in [0.1, 0.15) is 33.1 Å². The van der Waals surface area contributed by atoms with E-state index in [0.29, 0.717) is 17.6 Å². The van der Waals surface area contributed by atoms with Gasteiger partial charge in [0, 0.05) is 11.4 Å². The van der Waals surface area contributed by atoms with Gasteiger partial charge in [-0.3, -0.25) is 9.59 Å². The number of carbonyl (C=O) groups is 2. The molecule has 0 aliphatic carbocycles. The van der Waals surface area contributed by atoms with Crippen molar-refractivity contribution in [2.24, 2.45) is 0 Å². The molecule has 15 heavy (non-hydrogen) atoms. The minimum Gasteiger partial charge on any atom is -0.325 e. The van der Waals surface area contributed by atoms with Gasteiger partial charge in [0.2, 0.25) is 0 Å². The first-order valence-corrected chi connectivity index (χ1v) is 5.28. The Hall–Kier alpha value is -1.58. The van der Waals surface area contributed by atoms with E-state index in [-0.39, 0.29) is 11.8 Å². The standard InChI is InChI=1S/C11H14N2O2/c1-3-5-7-9-8(10(14)13-7)6(4-2)12-11(9)15/h3-5H2,1-2H3,(H,12,15)(H,13,14). The first kappa shape index (κ1) is 9.96. The number of fused-ring (bicyclic) bond motifs is 1. The molecule has 2 heterocycles.